The van der Waals surface area contributed by atoms with Crippen molar-refractivity contribution in [3.05, 3.63) is 99.9 Å². The van der Waals surface area contributed by atoms with Crippen molar-refractivity contribution in [1.82, 2.24) is 14.8 Å². The van der Waals surface area contributed by atoms with Gasteiger partial charge in [-0.3, -0.25) is 9.59 Å². The number of hydrogen-bond donors (Lipinski definition) is 2. The first-order chi connectivity index (χ1) is 15.4. The van der Waals surface area contributed by atoms with Crippen LogP contribution in [0.15, 0.2) is 72.9 Å². The van der Waals surface area contributed by atoms with Gasteiger partial charge in [-0.25, -0.2) is 9.67 Å². The van der Waals surface area contributed by atoms with Crippen molar-refractivity contribution >= 4 is 46.4 Å². The fraction of sp³-hybridized carbons (Fsp3) is 0.0435. The van der Waals surface area contributed by atoms with Gasteiger partial charge in [0.1, 0.15) is 5.69 Å². The summed E-state index contributed by atoms with van der Waals surface area (Å²) in [6.07, 6.45) is 1.55. The zero-order chi connectivity index (χ0) is 22.7. The van der Waals surface area contributed by atoms with Gasteiger partial charge in [0.2, 0.25) is 0 Å². The van der Waals surface area contributed by atoms with Gasteiger partial charge >= 0.3 is 0 Å². The number of benzene rings is 2. The summed E-state index contributed by atoms with van der Waals surface area (Å²) in [6.45, 7) is 1.83. The molecule has 0 fully saturated rings. The Morgan fingerprint density at radius 2 is 1.69 bits per heavy atom. The summed E-state index contributed by atoms with van der Waals surface area (Å²) in [4.78, 5) is 29.5. The van der Waals surface area contributed by atoms with Crippen LogP contribution in [0.2, 0.25) is 10.2 Å². The minimum atomic E-state index is -0.435. The minimum Gasteiger partial charge on any atom is -0.322 e. The largest absolute Gasteiger partial charge is 0.322 e. The summed E-state index contributed by atoms with van der Waals surface area (Å²) >= 11 is 12.2. The highest BCUT2D eigenvalue weighted by Crippen LogP contribution is 2.24. The number of hydrogen-bond acceptors (Lipinski definition) is 4. The van der Waals surface area contributed by atoms with Gasteiger partial charge in [-0.2, -0.15) is 5.10 Å². The molecule has 32 heavy (non-hydrogen) atoms. The Bertz CT molecular complexity index is 1310. The third kappa shape index (κ3) is 4.64. The Morgan fingerprint density at radius 1 is 0.906 bits per heavy atom. The Kier molecular flexibility index (Phi) is 6.20. The molecule has 4 aromatic rings. The second kappa shape index (κ2) is 9.21. The monoisotopic (exact) mass is 465 g/mol. The molecule has 4 rings (SSSR count). The number of aryl methyl sites for hydroxylation is 1. The average molecular weight is 466 g/mol. The fourth-order valence-electron chi connectivity index (χ4n) is 3.07. The van der Waals surface area contributed by atoms with E-state index in [1.807, 2.05) is 13.0 Å². The lowest BCUT2D eigenvalue weighted by atomic mass is 10.1. The quantitative estimate of drug-likeness (QED) is 0.413. The second-order valence-electron chi connectivity index (χ2n) is 6.88. The first kappa shape index (κ1) is 21.5. The van der Waals surface area contributed by atoms with E-state index in [1.165, 1.54) is 10.7 Å². The number of nitrogens with zero attached hydrogens (tertiary/aromatic N) is 3. The topological polar surface area (TPSA) is 88.9 Å². The molecule has 0 atom stereocenters. The van der Waals surface area contributed by atoms with Crippen LogP contribution in [0.4, 0.5) is 11.4 Å². The molecule has 160 valence electrons. The van der Waals surface area contributed by atoms with Crippen molar-refractivity contribution in [1.29, 1.82) is 0 Å². The van der Waals surface area contributed by atoms with Crippen LogP contribution in [0.25, 0.3) is 5.82 Å². The van der Waals surface area contributed by atoms with E-state index in [4.69, 9.17) is 23.2 Å². The van der Waals surface area contributed by atoms with E-state index in [1.54, 1.807) is 60.8 Å². The minimum absolute atomic E-state index is 0.132. The summed E-state index contributed by atoms with van der Waals surface area (Å²) in [5.74, 6) is -0.357. The molecule has 0 saturated heterocycles. The highest BCUT2D eigenvalue weighted by atomic mass is 35.5. The van der Waals surface area contributed by atoms with Gasteiger partial charge in [-0.05, 0) is 55.0 Å². The van der Waals surface area contributed by atoms with Crippen LogP contribution in [-0.4, -0.2) is 26.6 Å². The SMILES string of the molecule is Cc1cc(NC(=O)c2ccccc2)ccc1NC(=O)c1cc(Cl)nn1-c1ncccc1Cl. The number of aromatic nitrogens is 3. The molecule has 0 aliphatic rings. The second-order valence-corrected chi connectivity index (χ2v) is 7.67. The molecular formula is C23H17Cl2N5O2. The van der Waals surface area contributed by atoms with E-state index >= 15 is 0 Å². The van der Waals surface area contributed by atoms with E-state index < -0.39 is 5.91 Å². The number of carbonyl (C=O) groups is 2. The van der Waals surface area contributed by atoms with Crippen LogP contribution < -0.4 is 10.6 Å². The summed E-state index contributed by atoms with van der Waals surface area (Å²) in [5.41, 5.74) is 2.68. The third-order valence-corrected chi connectivity index (χ3v) is 5.10. The van der Waals surface area contributed by atoms with Crippen LogP contribution >= 0.6 is 23.2 Å². The third-order valence-electron chi connectivity index (χ3n) is 4.62. The number of nitrogens with one attached hydrogen (secondary N) is 2. The molecule has 7 nitrogen and oxygen atoms in total. The molecule has 2 aromatic carbocycles. The molecule has 0 aliphatic carbocycles. The molecule has 0 radical (unpaired) electrons. The van der Waals surface area contributed by atoms with Crippen molar-refractivity contribution in [3.8, 4) is 5.82 Å². The van der Waals surface area contributed by atoms with E-state index in [-0.39, 0.29) is 16.8 Å². The zero-order valence-electron chi connectivity index (χ0n) is 16.8. The van der Waals surface area contributed by atoms with E-state index in [9.17, 15) is 9.59 Å². The Balaban J connectivity index is 1.54. The van der Waals surface area contributed by atoms with Crippen LogP contribution in [-0.2, 0) is 0 Å². The number of rotatable bonds is 5. The highest BCUT2D eigenvalue weighted by molar-refractivity contribution is 6.32. The van der Waals surface area contributed by atoms with Crippen LogP contribution in [0, 0.1) is 6.92 Å². The van der Waals surface area contributed by atoms with Crippen molar-refractivity contribution in [3.63, 3.8) is 0 Å². The summed E-state index contributed by atoms with van der Waals surface area (Å²) in [5, 5.41) is 10.3. The smallest absolute Gasteiger partial charge is 0.274 e. The number of pyridine rings is 1. The van der Waals surface area contributed by atoms with Crippen molar-refractivity contribution < 1.29 is 9.59 Å². The lowest BCUT2D eigenvalue weighted by Crippen LogP contribution is -2.18. The van der Waals surface area contributed by atoms with Gasteiger partial charge in [-0.15, -0.1) is 0 Å². The standard InChI is InChI=1S/C23H17Cl2N5O2/c1-14-12-16(27-22(31)15-6-3-2-4-7-15)9-10-18(14)28-23(32)19-13-20(25)29-30(19)21-17(24)8-5-11-26-21/h2-13H,1H3,(H,27,31)(H,28,32). The van der Waals surface area contributed by atoms with Gasteiger partial charge in [0.25, 0.3) is 11.8 Å². The predicted octanol–water partition coefficient (Wildman–Crippen LogP) is 5.39. The molecule has 2 heterocycles. The van der Waals surface area contributed by atoms with E-state index in [0.717, 1.165) is 5.56 Å². The maximum atomic E-state index is 13.0. The molecule has 0 aliphatic heterocycles. The molecule has 0 spiro atoms. The van der Waals surface area contributed by atoms with Gasteiger partial charge < -0.3 is 10.6 Å². The molecule has 0 bridgehead atoms. The summed E-state index contributed by atoms with van der Waals surface area (Å²) in [7, 11) is 0. The molecule has 9 heteroatoms. The Labute approximate surface area is 194 Å². The first-order valence-electron chi connectivity index (χ1n) is 9.57. The maximum absolute atomic E-state index is 13.0. The highest BCUT2D eigenvalue weighted by Gasteiger charge is 2.19. The number of halogens is 2. The first-order valence-corrected chi connectivity index (χ1v) is 10.3. The van der Waals surface area contributed by atoms with E-state index in [0.29, 0.717) is 27.8 Å². The average Bonchev–Trinajstić information content (AvgIpc) is 3.18. The van der Waals surface area contributed by atoms with E-state index in [2.05, 4.69) is 20.7 Å². The fourth-order valence-corrected chi connectivity index (χ4v) is 3.45. The van der Waals surface area contributed by atoms with Crippen molar-refractivity contribution in [2.24, 2.45) is 0 Å². The predicted molar refractivity (Wildman–Crippen MR) is 125 cm³/mol. The molecule has 2 amide bonds. The normalized spacial score (nSPS) is 10.6. The Hall–Kier alpha value is -3.68. The Morgan fingerprint density at radius 3 is 2.41 bits per heavy atom. The molecule has 0 unspecified atom stereocenters. The molecule has 0 saturated carbocycles. The summed E-state index contributed by atoms with van der Waals surface area (Å²) in [6, 6.07) is 18.9. The lowest BCUT2D eigenvalue weighted by Gasteiger charge is -2.12. The lowest BCUT2D eigenvalue weighted by molar-refractivity contribution is 0.101. The molecule has 2 aromatic heterocycles. The van der Waals surface area contributed by atoms with Crippen molar-refractivity contribution in [2.75, 3.05) is 10.6 Å². The van der Waals surface area contributed by atoms with Gasteiger partial charge in [0, 0.05) is 29.2 Å². The molecular weight excluding hydrogens is 449 g/mol. The number of carbonyl (C=O) groups excluding carboxylic acids is 2. The number of amides is 2. The van der Waals surface area contributed by atoms with Crippen LogP contribution in [0.3, 0.4) is 0 Å². The van der Waals surface area contributed by atoms with Crippen molar-refractivity contribution in [2.45, 2.75) is 6.92 Å². The van der Waals surface area contributed by atoms with Crippen LogP contribution in [0.1, 0.15) is 26.4 Å². The van der Waals surface area contributed by atoms with Gasteiger partial charge in [0.05, 0.1) is 5.02 Å². The van der Waals surface area contributed by atoms with Gasteiger partial charge in [-0.1, -0.05) is 41.4 Å². The zero-order valence-corrected chi connectivity index (χ0v) is 18.4. The summed E-state index contributed by atoms with van der Waals surface area (Å²) < 4.78 is 1.30. The van der Waals surface area contributed by atoms with Gasteiger partial charge in [0.15, 0.2) is 11.0 Å². The van der Waals surface area contributed by atoms with Crippen LogP contribution in [0.5, 0.6) is 0 Å². The number of anilines is 2. The molecule has 2 N–H and O–H groups in total. The maximum Gasteiger partial charge on any atom is 0.274 e.